The summed E-state index contributed by atoms with van der Waals surface area (Å²) in [5.41, 5.74) is 5.65. The van der Waals surface area contributed by atoms with Crippen LogP contribution >= 0.6 is 0 Å². The number of nitrogens with zero attached hydrogens (tertiary/aromatic N) is 4. The molecule has 8 rings (SSSR count). The summed E-state index contributed by atoms with van der Waals surface area (Å²) in [7, 11) is 3.55. The molecule has 0 radical (unpaired) electrons. The van der Waals surface area contributed by atoms with Gasteiger partial charge in [-0.15, -0.1) is 0 Å². The van der Waals surface area contributed by atoms with Gasteiger partial charge >= 0.3 is 0 Å². The van der Waals surface area contributed by atoms with Gasteiger partial charge in [0.05, 0.1) is 36.4 Å². The van der Waals surface area contributed by atoms with Crippen molar-refractivity contribution in [3.8, 4) is 34.8 Å². The number of benzene rings is 3. The first-order valence-corrected chi connectivity index (χ1v) is 16.1. The quantitative estimate of drug-likeness (QED) is 0.304. The maximum Gasteiger partial charge on any atom is 0.261 e. The Balaban J connectivity index is 1.37. The molecule has 5 aliphatic heterocycles. The van der Waals surface area contributed by atoms with Gasteiger partial charge in [-0.2, -0.15) is 5.26 Å². The van der Waals surface area contributed by atoms with Crippen molar-refractivity contribution in [3.63, 3.8) is 0 Å². The smallest absolute Gasteiger partial charge is 0.261 e. The van der Waals surface area contributed by atoms with Crippen molar-refractivity contribution in [2.45, 2.75) is 56.9 Å². The second-order valence-electron chi connectivity index (χ2n) is 13.1. The van der Waals surface area contributed by atoms with E-state index in [2.05, 4.69) is 28.5 Å². The highest BCUT2D eigenvalue weighted by Crippen LogP contribution is 2.58. The van der Waals surface area contributed by atoms with Crippen molar-refractivity contribution in [1.29, 1.82) is 5.26 Å². The zero-order chi connectivity index (χ0) is 33.6. The fourth-order valence-electron chi connectivity index (χ4n) is 8.92. The largest absolute Gasteiger partial charge is 0.504 e. The summed E-state index contributed by atoms with van der Waals surface area (Å²) in [5.74, 6) is 1.46. The number of hydrogen-bond donors (Lipinski definition) is 1. The lowest BCUT2D eigenvalue weighted by atomic mass is 9.71. The fraction of sp³-hybridized carbons (Fsp3) is 0.378. The van der Waals surface area contributed by atoms with E-state index in [9.17, 15) is 20.0 Å². The van der Waals surface area contributed by atoms with Gasteiger partial charge in [-0.25, -0.2) is 0 Å². The van der Waals surface area contributed by atoms with Gasteiger partial charge in [0, 0.05) is 40.9 Å². The number of phenols is 1. The minimum absolute atomic E-state index is 0.00670. The van der Waals surface area contributed by atoms with Crippen molar-refractivity contribution in [2.24, 2.45) is 0 Å². The first kappa shape index (κ1) is 30.3. The molecule has 0 aliphatic carbocycles. The van der Waals surface area contributed by atoms with Crippen LogP contribution in [0.25, 0.3) is 0 Å². The molecule has 1 unspecified atom stereocenters. The highest BCUT2D eigenvalue weighted by atomic mass is 16.7. The molecule has 3 aromatic carbocycles. The van der Waals surface area contributed by atoms with E-state index in [1.807, 2.05) is 20.9 Å². The standard InChI is InChI=1S/C37H36N4O7/c1-6-11-46-33-19(3)34-35(48-17-47-34)29-23(33)14-25-30-28-20(12-18(2)32(45-5)31(28)42)13-24(39(30)4)26(15-38)41(25)27(29)16-40-36(43)21-9-7-8-10-22(21)37(40)44/h6-10,12,24-27,30,42H,1,11,13-14,16-17H2,2-5H3/t24-,25?,26+,27+,30-/m1/s1. The zero-order valence-corrected chi connectivity index (χ0v) is 27.3. The molecule has 2 bridgehead atoms. The van der Waals surface area contributed by atoms with Crippen LogP contribution in [0.1, 0.15) is 66.2 Å². The van der Waals surface area contributed by atoms with Crippen molar-refractivity contribution in [1.82, 2.24) is 14.7 Å². The van der Waals surface area contributed by atoms with Crippen LogP contribution in [0.5, 0.6) is 28.7 Å². The SMILES string of the molecule is C=CCOc1c(C)c2c(c3c1CC1[C@@H]4c5c(cc(C)c(OC)c5O)C[C@H]([C@H](C#N)N1[C@H]3CN1C(=O)c3ccccc3C1=O)N4C)OCO2. The number of carbonyl (C=O) groups excluding carboxylic acids is 2. The molecule has 1 saturated heterocycles. The molecule has 5 heterocycles. The van der Waals surface area contributed by atoms with E-state index in [1.54, 1.807) is 37.5 Å². The molecule has 0 aromatic heterocycles. The topological polar surface area (TPSA) is 125 Å². The third kappa shape index (κ3) is 3.99. The molecule has 246 valence electrons. The first-order valence-electron chi connectivity index (χ1n) is 16.1. The summed E-state index contributed by atoms with van der Waals surface area (Å²) in [6, 6.07) is 9.26. The lowest BCUT2D eigenvalue weighted by molar-refractivity contribution is -0.0758. The molecule has 5 aliphatic rings. The van der Waals surface area contributed by atoms with Crippen LogP contribution in [0.2, 0.25) is 0 Å². The number of nitriles is 1. The highest BCUT2D eigenvalue weighted by molar-refractivity contribution is 6.21. The Kier molecular flexibility index (Phi) is 6.95. The highest BCUT2D eigenvalue weighted by Gasteiger charge is 2.57. The summed E-state index contributed by atoms with van der Waals surface area (Å²) in [4.78, 5) is 33.3. The molecule has 0 spiro atoms. The van der Waals surface area contributed by atoms with Gasteiger partial charge in [0.25, 0.3) is 11.8 Å². The number of aryl methyl sites for hydroxylation is 1. The van der Waals surface area contributed by atoms with Gasteiger partial charge in [0.15, 0.2) is 23.0 Å². The number of fused-ring (bicyclic) bond motifs is 10. The normalized spacial score (nSPS) is 25.1. The number of hydrogen-bond acceptors (Lipinski definition) is 10. The number of ether oxygens (including phenoxy) is 4. The van der Waals surface area contributed by atoms with Crippen molar-refractivity contribution >= 4 is 11.8 Å². The molecule has 11 heteroatoms. The minimum atomic E-state index is -0.650. The third-order valence-electron chi connectivity index (χ3n) is 10.8. The molecule has 48 heavy (non-hydrogen) atoms. The number of piperazine rings is 1. The predicted octanol–water partition coefficient (Wildman–Crippen LogP) is 4.38. The average Bonchev–Trinajstić information content (AvgIpc) is 3.65. The predicted molar refractivity (Wildman–Crippen MR) is 174 cm³/mol. The van der Waals surface area contributed by atoms with E-state index in [0.29, 0.717) is 47.0 Å². The number of imide groups is 1. The molecule has 5 atom stereocenters. The number of carbonyl (C=O) groups is 2. The van der Waals surface area contributed by atoms with Gasteiger partial charge in [-0.1, -0.05) is 30.9 Å². The molecular weight excluding hydrogens is 612 g/mol. The van der Waals surface area contributed by atoms with Crippen molar-refractivity contribution in [3.05, 3.63) is 87.5 Å². The maximum atomic E-state index is 13.8. The van der Waals surface area contributed by atoms with Crippen LogP contribution in [-0.2, 0) is 12.8 Å². The third-order valence-corrected chi connectivity index (χ3v) is 10.8. The molecule has 1 fully saturated rings. The Bertz CT molecular complexity index is 1930. The second-order valence-corrected chi connectivity index (χ2v) is 13.1. The van der Waals surface area contributed by atoms with Gasteiger partial charge in [0.1, 0.15) is 18.4 Å². The average molecular weight is 649 g/mol. The summed E-state index contributed by atoms with van der Waals surface area (Å²) in [6.07, 6.45) is 2.64. The first-order chi connectivity index (χ1) is 23.2. The number of aromatic hydroxyl groups is 1. The number of phenolic OH excluding ortho intramolecular Hbond substituents is 1. The molecule has 3 aromatic rings. The maximum absolute atomic E-state index is 13.8. The van der Waals surface area contributed by atoms with E-state index in [1.165, 1.54) is 4.90 Å². The van der Waals surface area contributed by atoms with Gasteiger partial charge in [0.2, 0.25) is 6.79 Å². The fourth-order valence-corrected chi connectivity index (χ4v) is 8.92. The lowest BCUT2D eigenvalue weighted by Gasteiger charge is -2.60. The summed E-state index contributed by atoms with van der Waals surface area (Å²) >= 11 is 0. The zero-order valence-electron chi connectivity index (χ0n) is 27.3. The molecule has 0 saturated carbocycles. The van der Waals surface area contributed by atoms with Crippen LogP contribution < -0.4 is 18.9 Å². The van der Waals surface area contributed by atoms with E-state index in [-0.39, 0.29) is 55.6 Å². The van der Waals surface area contributed by atoms with Gasteiger partial charge in [-0.05, 0) is 57.0 Å². The van der Waals surface area contributed by atoms with E-state index >= 15 is 0 Å². The minimum Gasteiger partial charge on any atom is -0.504 e. The Morgan fingerprint density at radius 3 is 2.44 bits per heavy atom. The lowest BCUT2D eigenvalue weighted by Crippen LogP contribution is -2.68. The summed E-state index contributed by atoms with van der Waals surface area (Å²) < 4.78 is 24.2. The van der Waals surface area contributed by atoms with Crippen LogP contribution in [0, 0.1) is 25.2 Å². The summed E-state index contributed by atoms with van der Waals surface area (Å²) in [6.45, 7) is 7.92. The number of methoxy groups -OCH3 is 1. The van der Waals surface area contributed by atoms with Crippen LogP contribution in [0.3, 0.4) is 0 Å². The Morgan fingerprint density at radius 2 is 1.77 bits per heavy atom. The van der Waals surface area contributed by atoms with Crippen molar-refractivity contribution < 1.29 is 33.6 Å². The Hall–Kier alpha value is -5.05. The van der Waals surface area contributed by atoms with E-state index in [4.69, 9.17) is 18.9 Å². The second kappa shape index (κ2) is 11.0. The number of likely N-dealkylation sites (N-methyl/N-ethyl adjacent to an activating group) is 1. The van der Waals surface area contributed by atoms with Crippen LogP contribution in [0.15, 0.2) is 43.0 Å². The molecular formula is C37H36N4O7. The number of rotatable bonds is 6. The number of amides is 2. The van der Waals surface area contributed by atoms with E-state index < -0.39 is 12.1 Å². The van der Waals surface area contributed by atoms with Gasteiger partial charge in [-0.3, -0.25) is 24.3 Å². The molecule has 11 nitrogen and oxygen atoms in total. The molecule has 1 N–H and O–H groups in total. The van der Waals surface area contributed by atoms with Gasteiger partial charge < -0.3 is 24.1 Å². The Morgan fingerprint density at radius 1 is 1.06 bits per heavy atom. The monoisotopic (exact) mass is 648 g/mol. The van der Waals surface area contributed by atoms with Crippen LogP contribution in [0.4, 0.5) is 0 Å². The van der Waals surface area contributed by atoms with Crippen molar-refractivity contribution in [2.75, 3.05) is 34.1 Å². The van der Waals surface area contributed by atoms with Crippen LogP contribution in [-0.4, -0.2) is 83.8 Å². The Labute approximate surface area is 278 Å². The van der Waals surface area contributed by atoms with E-state index in [0.717, 1.165) is 33.4 Å². The summed E-state index contributed by atoms with van der Waals surface area (Å²) in [5, 5.41) is 22.7. The molecule has 2 amide bonds.